The topological polar surface area (TPSA) is 15.7 Å². The second-order valence-corrected chi connectivity index (χ2v) is 6.65. The fourth-order valence-corrected chi connectivity index (χ4v) is 2.28. The molecule has 21 heavy (non-hydrogen) atoms. The lowest BCUT2D eigenvalue weighted by atomic mass is 10.1. The smallest absolute Gasteiger partial charge is 0.0594 e. The third-order valence-electron chi connectivity index (χ3n) is 3.09. The molecule has 0 N–H and O–H groups in total. The Labute approximate surface area is 135 Å². The Morgan fingerprint density at radius 2 is 1.48 bits per heavy atom. The lowest BCUT2D eigenvalue weighted by molar-refractivity contribution is 0.0368. The maximum Gasteiger partial charge on any atom is 0.0594 e. The largest absolute Gasteiger partial charge is 0.379 e. The Hall–Kier alpha value is -0.120. The van der Waals surface area contributed by atoms with Crippen LogP contribution in [0.25, 0.3) is 0 Å². The Bertz CT molecular complexity index is 182. The van der Waals surface area contributed by atoms with Gasteiger partial charge in [-0.2, -0.15) is 0 Å². The van der Waals surface area contributed by atoms with Gasteiger partial charge in [0.2, 0.25) is 0 Å². The summed E-state index contributed by atoms with van der Waals surface area (Å²) < 4.78 is 5.29. The first-order valence-corrected chi connectivity index (χ1v) is 8.86. The molecule has 1 saturated heterocycles. The molecular formula is C18H42N2O. The second kappa shape index (κ2) is 16.3. The fourth-order valence-electron chi connectivity index (χ4n) is 2.28. The van der Waals surface area contributed by atoms with Gasteiger partial charge in [-0.25, -0.2) is 0 Å². The fraction of sp³-hybridized carbons (Fsp3) is 1.00. The minimum absolute atomic E-state index is 0.801. The summed E-state index contributed by atoms with van der Waals surface area (Å²) in [6, 6.07) is 0. The zero-order valence-electron chi connectivity index (χ0n) is 16.1. The Morgan fingerprint density at radius 3 is 1.81 bits per heavy atom. The maximum absolute atomic E-state index is 5.29. The van der Waals surface area contributed by atoms with E-state index in [1.54, 1.807) is 0 Å². The molecule has 1 rings (SSSR count). The van der Waals surface area contributed by atoms with Gasteiger partial charge in [-0.05, 0) is 51.9 Å². The van der Waals surface area contributed by atoms with Crippen molar-refractivity contribution in [2.75, 3.05) is 53.5 Å². The molecule has 0 radical (unpaired) electrons. The number of ether oxygens (including phenoxy) is 1. The number of morpholine rings is 1. The van der Waals surface area contributed by atoms with Gasteiger partial charge in [0.1, 0.15) is 0 Å². The van der Waals surface area contributed by atoms with Gasteiger partial charge in [0, 0.05) is 13.1 Å². The second-order valence-electron chi connectivity index (χ2n) is 6.65. The lowest BCUT2D eigenvalue weighted by Crippen LogP contribution is -2.36. The van der Waals surface area contributed by atoms with E-state index in [9.17, 15) is 0 Å². The Balaban J connectivity index is 0. The van der Waals surface area contributed by atoms with Gasteiger partial charge in [0.05, 0.1) is 13.2 Å². The van der Waals surface area contributed by atoms with Crippen molar-refractivity contribution in [2.45, 2.75) is 54.4 Å². The Kier molecular flexibility index (Phi) is 17.9. The molecule has 1 fully saturated rings. The molecule has 3 nitrogen and oxygen atoms in total. The summed E-state index contributed by atoms with van der Waals surface area (Å²) in [7, 11) is 4.19. The van der Waals surface area contributed by atoms with Gasteiger partial charge in [-0.3, -0.25) is 4.90 Å². The molecule has 0 unspecified atom stereocenters. The van der Waals surface area contributed by atoms with Crippen LogP contribution in [0.2, 0.25) is 0 Å². The van der Waals surface area contributed by atoms with Crippen molar-refractivity contribution >= 4 is 0 Å². The van der Waals surface area contributed by atoms with Gasteiger partial charge < -0.3 is 9.64 Å². The first-order valence-electron chi connectivity index (χ1n) is 8.86. The van der Waals surface area contributed by atoms with Crippen LogP contribution in [-0.4, -0.2) is 63.3 Å². The molecular weight excluding hydrogens is 260 g/mol. The van der Waals surface area contributed by atoms with E-state index in [1.165, 1.54) is 25.9 Å². The first-order chi connectivity index (χ1) is 9.91. The van der Waals surface area contributed by atoms with Gasteiger partial charge in [-0.15, -0.1) is 0 Å². The molecule has 0 spiro atoms. The highest BCUT2D eigenvalue weighted by Crippen LogP contribution is 2.05. The summed E-state index contributed by atoms with van der Waals surface area (Å²) in [5, 5.41) is 0. The number of rotatable bonds is 6. The van der Waals surface area contributed by atoms with Crippen LogP contribution in [-0.2, 0) is 4.74 Å². The molecule has 0 bridgehead atoms. The molecule has 1 aliphatic heterocycles. The summed E-state index contributed by atoms with van der Waals surface area (Å²) in [6.45, 7) is 19.6. The van der Waals surface area contributed by atoms with Crippen LogP contribution in [0.5, 0.6) is 0 Å². The van der Waals surface area contributed by atoms with Crippen LogP contribution in [0.15, 0.2) is 0 Å². The quantitative estimate of drug-likeness (QED) is 0.738. The van der Waals surface area contributed by atoms with Crippen molar-refractivity contribution < 1.29 is 4.74 Å². The third-order valence-corrected chi connectivity index (χ3v) is 3.09. The van der Waals surface area contributed by atoms with Crippen molar-refractivity contribution in [2.24, 2.45) is 11.8 Å². The van der Waals surface area contributed by atoms with Crippen LogP contribution in [0.3, 0.4) is 0 Å². The van der Waals surface area contributed by atoms with E-state index in [4.69, 9.17) is 4.74 Å². The van der Waals surface area contributed by atoms with Crippen LogP contribution in [0.1, 0.15) is 54.4 Å². The molecule has 130 valence electrons. The Morgan fingerprint density at radius 1 is 0.952 bits per heavy atom. The van der Waals surface area contributed by atoms with Gasteiger partial charge in [-0.1, -0.05) is 41.5 Å². The van der Waals surface area contributed by atoms with Crippen LogP contribution >= 0.6 is 0 Å². The SMILES string of the molecule is CC.CC(C)CCCN1CCOCC1.CC(C)CN(C)C. The number of nitrogens with zero attached hydrogens (tertiary/aromatic N) is 2. The minimum atomic E-state index is 0.801. The lowest BCUT2D eigenvalue weighted by Gasteiger charge is -2.26. The standard InChI is InChI=1S/C10H21NO.C6H15N.C2H6/c1-10(2)4-3-5-11-6-8-12-9-7-11;1-6(2)5-7(3)4;1-2/h10H,3-9H2,1-2H3;6H,5H2,1-4H3;1-2H3. The van der Waals surface area contributed by atoms with Crippen molar-refractivity contribution in [1.29, 1.82) is 0 Å². The summed E-state index contributed by atoms with van der Waals surface area (Å²) in [4.78, 5) is 4.70. The monoisotopic (exact) mass is 302 g/mol. The van der Waals surface area contributed by atoms with Crippen molar-refractivity contribution in [3.05, 3.63) is 0 Å². The van der Waals surface area contributed by atoms with E-state index in [1.807, 2.05) is 13.8 Å². The molecule has 1 heterocycles. The zero-order valence-corrected chi connectivity index (χ0v) is 16.1. The minimum Gasteiger partial charge on any atom is -0.379 e. The molecule has 0 aromatic rings. The highest BCUT2D eigenvalue weighted by molar-refractivity contribution is 4.61. The molecule has 0 aromatic heterocycles. The van der Waals surface area contributed by atoms with E-state index in [0.29, 0.717) is 0 Å². The zero-order chi connectivity index (χ0) is 16.7. The van der Waals surface area contributed by atoms with Gasteiger partial charge >= 0.3 is 0 Å². The normalized spacial score (nSPS) is 15.6. The van der Waals surface area contributed by atoms with Crippen molar-refractivity contribution in [3.63, 3.8) is 0 Å². The summed E-state index contributed by atoms with van der Waals surface area (Å²) in [5.74, 6) is 1.65. The van der Waals surface area contributed by atoms with E-state index >= 15 is 0 Å². The predicted octanol–water partition coefficient (Wildman–Crippen LogP) is 3.99. The summed E-state index contributed by atoms with van der Waals surface area (Å²) in [5.41, 5.74) is 0. The molecule has 3 heteroatoms. The molecule has 0 atom stereocenters. The summed E-state index contributed by atoms with van der Waals surface area (Å²) >= 11 is 0. The highest BCUT2D eigenvalue weighted by atomic mass is 16.5. The van der Waals surface area contributed by atoms with Crippen LogP contribution < -0.4 is 0 Å². The molecule has 0 amide bonds. The molecule has 0 aliphatic carbocycles. The van der Waals surface area contributed by atoms with Gasteiger partial charge in [0.15, 0.2) is 0 Å². The number of hydrogen-bond donors (Lipinski definition) is 0. The average molecular weight is 303 g/mol. The molecule has 0 saturated carbocycles. The van der Waals surface area contributed by atoms with Crippen LogP contribution in [0, 0.1) is 11.8 Å². The van der Waals surface area contributed by atoms with E-state index < -0.39 is 0 Å². The predicted molar refractivity (Wildman–Crippen MR) is 96.1 cm³/mol. The highest BCUT2D eigenvalue weighted by Gasteiger charge is 2.09. The van der Waals surface area contributed by atoms with Gasteiger partial charge in [0.25, 0.3) is 0 Å². The van der Waals surface area contributed by atoms with Crippen molar-refractivity contribution in [1.82, 2.24) is 9.80 Å². The molecule has 1 aliphatic rings. The maximum atomic E-state index is 5.29. The average Bonchev–Trinajstić information content (AvgIpc) is 2.41. The molecule has 0 aromatic carbocycles. The van der Waals surface area contributed by atoms with Crippen LogP contribution in [0.4, 0.5) is 0 Å². The van der Waals surface area contributed by atoms with E-state index in [-0.39, 0.29) is 0 Å². The summed E-state index contributed by atoms with van der Waals surface area (Å²) in [6.07, 6.45) is 2.70. The van der Waals surface area contributed by atoms with Crippen molar-refractivity contribution in [3.8, 4) is 0 Å². The third kappa shape index (κ3) is 19.9. The van der Waals surface area contributed by atoms with E-state index in [2.05, 4.69) is 51.6 Å². The number of hydrogen-bond acceptors (Lipinski definition) is 3. The first kappa shape index (κ1) is 23.2. The van der Waals surface area contributed by atoms with E-state index in [0.717, 1.165) is 38.1 Å².